The number of carbonyl (C=O) groups excluding carboxylic acids is 1. The van der Waals surface area contributed by atoms with Crippen LogP contribution in [0, 0.1) is 5.82 Å². The van der Waals surface area contributed by atoms with Gasteiger partial charge in [-0.25, -0.2) is 13.6 Å². The highest BCUT2D eigenvalue weighted by Gasteiger charge is 2.57. The maximum atomic E-state index is 14.9. The first kappa shape index (κ1) is 17.2. The molecule has 1 aromatic heterocycles. The van der Waals surface area contributed by atoms with Crippen LogP contribution in [0.25, 0.3) is 0 Å². The molecular weight excluding hydrogens is 336 g/mol. The monoisotopic (exact) mass is 351 g/mol. The molecule has 2 aromatic rings. The van der Waals surface area contributed by atoms with Crippen molar-refractivity contribution in [2.24, 2.45) is 0 Å². The van der Waals surface area contributed by atoms with E-state index in [9.17, 15) is 23.5 Å². The molecule has 0 radical (unpaired) electrons. The van der Waals surface area contributed by atoms with Crippen molar-refractivity contribution in [2.45, 2.75) is 24.4 Å². The Hall–Kier alpha value is -2.65. The van der Waals surface area contributed by atoms with Gasteiger partial charge in [0.1, 0.15) is 0 Å². The number of nitrogen functional groups attached to an aromatic ring is 1. The number of benzene rings is 1. The van der Waals surface area contributed by atoms with Crippen LogP contribution in [-0.2, 0) is 10.5 Å². The molecule has 25 heavy (non-hydrogen) atoms. The minimum Gasteiger partial charge on any atom is -0.394 e. The number of rotatable bonds is 4. The van der Waals surface area contributed by atoms with Gasteiger partial charge in [-0.15, -0.1) is 0 Å². The van der Waals surface area contributed by atoms with Gasteiger partial charge < -0.3 is 15.6 Å². The fraction of sp³-hybridized carbons (Fsp3) is 0.312. The van der Waals surface area contributed by atoms with Crippen LogP contribution in [-0.4, -0.2) is 39.3 Å². The fourth-order valence-corrected chi connectivity index (χ4v) is 2.87. The third-order valence-corrected chi connectivity index (χ3v) is 4.07. The van der Waals surface area contributed by atoms with Crippen LogP contribution in [0.2, 0.25) is 0 Å². The summed E-state index contributed by atoms with van der Waals surface area (Å²) in [7, 11) is 0. The van der Waals surface area contributed by atoms with E-state index in [1.807, 2.05) is 0 Å². The highest BCUT2D eigenvalue weighted by Crippen LogP contribution is 2.39. The predicted molar refractivity (Wildman–Crippen MR) is 83.1 cm³/mol. The van der Waals surface area contributed by atoms with E-state index >= 15 is 0 Å². The Morgan fingerprint density at radius 2 is 2.12 bits per heavy atom. The predicted octanol–water partition coefficient (Wildman–Crippen LogP) is 0.620. The molecule has 0 amide bonds. The molecule has 2 heterocycles. The quantitative estimate of drug-likeness (QED) is 0.782. The number of nitrogens with zero attached hydrogens (tertiary/aromatic N) is 2. The van der Waals surface area contributed by atoms with Gasteiger partial charge in [0, 0.05) is 12.0 Å². The van der Waals surface area contributed by atoms with Crippen LogP contribution in [0.15, 0.2) is 41.3 Å². The highest BCUT2D eigenvalue weighted by atomic mass is 19.1. The number of aliphatic hydroxyl groups excluding tert-OH is 1. The zero-order chi connectivity index (χ0) is 18.2. The van der Waals surface area contributed by atoms with Gasteiger partial charge >= 0.3 is 5.69 Å². The van der Waals surface area contributed by atoms with Gasteiger partial charge in [0.15, 0.2) is 17.8 Å². The zero-order valence-corrected chi connectivity index (χ0v) is 12.9. The molecular formula is C16H15F2N3O4. The van der Waals surface area contributed by atoms with Crippen molar-refractivity contribution in [1.29, 1.82) is 0 Å². The second-order valence-corrected chi connectivity index (χ2v) is 5.64. The molecule has 1 aliphatic rings. The topological polar surface area (TPSA) is 107 Å². The lowest BCUT2D eigenvalue weighted by Crippen LogP contribution is -2.53. The summed E-state index contributed by atoms with van der Waals surface area (Å²) in [5, 5.41) is 9.28. The van der Waals surface area contributed by atoms with E-state index in [-0.39, 0.29) is 12.0 Å². The van der Waals surface area contributed by atoms with Crippen molar-refractivity contribution in [1.82, 2.24) is 9.55 Å². The van der Waals surface area contributed by atoms with E-state index in [0.29, 0.717) is 10.8 Å². The van der Waals surface area contributed by atoms with Gasteiger partial charge in [-0.1, -0.05) is 30.3 Å². The summed E-state index contributed by atoms with van der Waals surface area (Å²) in [6.45, 7) is -0.566. The number of carbonyl (C=O) groups is 1. The van der Waals surface area contributed by atoms with Gasteiger partial charge in [-0.2, -0.15) is 4.98 Å². The SMILES string of the molecule is Nc1nc(=O)n([C@]2(C(=O)c3ccccc3)O[C@H](CO)C[C@H]2F)cc1F. The molecule has 1 fully saturated rings. The van der Waals surface area contributed by atoms with E-state index in [1.54, 1.807) is 18.2 Å². The average Bonchev–Trinajstić information content (AvgIpc) is 2.95. The van der Waals surface area contributed by atoms with Gasteiger partial charge in [-0.3, -0.25) is 9.36 Å². The third kappa shape index (κ3) is 2.71. The van der Waals surface area contributed by atoms with Crippen molar-refractivity contribution in [2.75, 3.05) is 12.3 Å². The molecule has 0 saturated carbocycles. The largest absolute Gasteiger partial charge is 0.394 e. The molecule has 0 spiro atoms. The van der Waals surface area contributed by atoms with Crippen molar-refractivity contribution < 1.29 is 23.4 Å². The van der Waals surface area contributed by atoms with E-state index in [0.717, 1.165) is 0 Å². The van der Waals surface area contributed by atoms with Crippen LogP contribution < -0.4 is 11.4 Å². The summed E-state index contributed by atoms with van der Waals surface area (Å²) in [5.74, 6) is -2.65. The Labute approximate surface area is 140 Å². The fourth-order valence-electron chi connectivity index (χ4n) is 2.87. The van der Waals surface area contributed by atoms with E-state index in [2.05, 4.69) is 4.98 Å². The lowest BCUT2D eigenvalue weighted by atomic mass is 9.95. The van der Waals surface area contributed by atoms with Crippen molar-refractivity contribution >= 4 is 11.6 Å². The second kappa shape index (κ2) is 6.34. The molecule has 7 nitrogen and oxygen atoms in total. The number of Topliss-reactive ketones (excluding diaryl/α,β-unsaturated/α-hetero) is 1. The average molecular weight is 351 g/mol. The maximum Gasteiger partial charge on any atom is 0.352 e. The first-order valence-corrected chi connectivity index (χ1v) is 7.48. The number of anilines is 1. The molecule has 1 saturated heterocycles. The Kier molecular flexibility index (Phi) is 4.36. The van der Waals surface area contributed by atoms with E-state index in [1.165, 1.54) is 12.1 Å². The van der Waals surface area contributed by atoms with Crippen molar-refractivity contribution in [3.05, 3.63) is 58.4 Å². The zero-order valence-electron chi connectivity index (χ0n) is 12.9. The number of halogens is 2. The van der Waals surface area contributed by atoms with Crippen LogP contribution in [0.3, 0.4) is 0 Å². The van der Waals surface area contributed by atoms with Crippen LogP contribution in [0.5, 0.6) is 0 Å². The number of aliphatic hydroxyl groups is 1. The second-order valence-electron chi connectivity index (χ2n) is 5.64. The molecule has 132 valence electrons. The summed E-state index contributed by atoms with van der Waals surface area (Å²) in [6, 6.07) is 7.59. The Balaban J connectivity index is 2.23. The van der Waals surface area contributed by atoms with Gasteiger partial charge in [0.25, 0.3) is 0 Å². The summed E-state index contributed by atoms with van der Waals surface area (Å²) in [6.07, 6.45) is -2.78. The molecule has 3 rings (SSSR count). The number of ether oxygens (including phenoxy) is 1. The van der Waals surface area contributed by atoms with Crippen LogP contribution in [0.1, 0.15) is 16.8 Å². The summed E-state index contributed by atoms with van der Waals surface area (Å²) in [5.41, 5.74) is 1.71. The molecule has 0 bridgehead atoms. The first-order valence-electron chi connectivity index (χ1n) is 7.48. The van der Waals surface area contributed by atoms with Crippen molar-refractivity contribution in [3.8, 4) is 0 Å². The number of hydrogen-bond donors (Lipinski definition) is 2. The minimum atomic E-state index is -2.46. The number of hydrogen-bond acceptors (Lipinski definition) is 6. The lowest BCUT2D eigenvalue weighted by molar-refractivity contribution is -0.104. The molecule has 9 heteroatoms. The van der Waals surface area contributed by atoms with E-state index in [4.69, 9.17) is 10.5 Å². The van der Waals surface area contributed by atoms with Crippen LogP contribution >= 0.6 is 0 Å². The first-order chi connectivity index (χ1) is 11.9. The summed E-state index contributed by atoms with van der Waals surface area (Å²) >= 11 is 0. The third-order valence-electron chi connectivity index (χ3n) is 4.07. The maximum absolute atomic E-state index is 14.9. The Morgan fingerprint density at radius 3 is 2.72 bits per heavy atom. The van der Waals surface area contributed by atoms with Crippen LogP contribution in [0.4, 0.5) is 14.6 Å². The molecule has 1 aliphatic heterocycles. The molecule has 3 atom stereocenters. The van der Waals surface area contributed by atoms with Gasteiger partial charge in [-0.05, 0) is 0 Å². The van der Waals surface area contributed by atoms with Crippen molar-refractivity contribution in [3.63, 3.8) is 0 Å². The molecule has 1 aromatic carbocycles. The highest BCUT2D eigenvalue weighted by molar-refractivity contribution is 6.01. The molecule has 3 N–H and O–H groups in total. The molecule has 0 unspecified atom stereocenters. The standard InChI is InChI=1S/C16H15F2N3O4/c17-11-7-21(15(24)20-14(11)19)16(12(18)6-10(8-22)25-16)13(23)9-4-2-1-3-5-9/h1-5,7,10,12,22H,6,8H2,(H2,19,20,24)/t10-,12+,16-/m0/s1. The lowest BCUT2D eigenvalue weighted by Gasteiger charge is -2.31. The smallest absolute Gasteiger partial charge is 0.352 e. The summed E-state index contributed by atoms with van der Waals surface area (Å²) < 4.78 is 34.7. The number of aromatic nitrogens is 2. The molecule has 0 aliphatic carbocycles. The number of alkyl halides is 1. The summed E-state index contributed by atoms with van der Waals surface area (Å²) in [4.78, 5) is 28.5. The Morgan fingerprint density at radius 1 is 1.44 bits per heavy atom. The van der Waals surface area contributed by atoms with Gasteiger partial charge in [0.05, 0.1) is 18.9 Å². The normalized spacial score (nSPS) is 25.9. The number of nitrogens with two attached hydrogens (primary N) is 1. The van der Waals surface area contributed by atoms with Gasteiger partial charge in [0.2, 0.25) is 11.5 Å². The number of ketones is 1. The Bertz CT molecular complexity index is 858. The van der Waals surface area contributed by atoms with E-state index < -0.39 is 47.7 Å². The minimum absolute atomic E-state index is 0.0628.